The lowest BCUT2D eigenvalue weighted by Gasteiger charge is -2.12. The normalized spacial score (nSPS) is 11.2. The van der Waals surface area contributed by atoms with Crippen LogP contribution < -0.4 is 10.0 Å². The van der Waals surface area contributed by atoms with Gasteiger partial charge in [-0.15, -0.1) is 0 Å². The number of carbonyl (C=O) groups excluding carboxylic acids is 2. The molecule has 7 heteroatoms. The van der Waals surface area contributed by atoms with Crippen LogP contribution in [-0.2, 0) is 22.3 Å². The maximum absolute atomic E-state index is 13.2. The van der Waals surface area contributed by atoms with Crippen LogP contribution in [0, 0.1) is 13.8 Å². The summed E-state index contributed by atoms with van der Waals surface area (Å²) in [6, 6.07) is 19.4. The van der Waals surface area contributed by atoms with Crippen molar-refractivity contribution in [3.8, 4) is 0 Å². The second kappa shape index (κ2) is 9.89. The molecule has 0 aliphatic carbocycles. The first kappa shape index (κ1) is 23.4. The second-order valence-electron chi connectivity index (χ2n) is 7.66. The van der Waals surface area contributed by atoms with Gasteiger partial charge in [0.25, 0.3) is 5.91 Å². The average Bonchev–Trinajstić information content (AvgIpc) is 2.79. The number of hydrogen-bond donors (Lipinski definition) is 2. The molecule has 1 amide bonds. The first-order valence-electron chi connectivity index (χ1n) is 10.2. The van der Waals surface area contributed by atoms with Crippen molar-refractivity contribution in [3.05, 3.63) is 106 Å². The van der Waals surface area contributed by atoms with E-state index in [9.17, 15) is 18.0 Å². The number of aryl methyl sites for hydroxylation is 2. The highest BCUT2D eigenvalue weighted by atomic mass is 32.2. The number of ketones is 1. The van der Waals surface area contributed by atoms with Crippen molar-refractivity contribution < 1.29 is 18.0 Å². The van der Waals surface area contributed by atoms with Crippen molar-refractivity contribution in [1.82, 2.24) is 10.0 Å². The van der Waals surface area contributed by atoms with Crippen molar-refractivity contribution in [2.75, 3.05) is 7.05 Å². The first-order valence-corrected chi connectivity index (χ1v) is 11.8. The van der Waals surface area contributed by atoms with Gasteiger partial charge in [0.15, 0.2) is 5.78 Å². The number of rotatable bonds is 8. The van der Waals surface area contributed by atoms with Gasteiger partial charge < -0.3 is 5.32 Å². The molecule has 0 fully saturated rings. The highest BCUT2D eigenvalue weighted by Crippen LogP contribution is 2.19. The van der Waals surface area contributed by atoms with Gasteiger partial charge in [-0.05, 0) is 49.7 Å². The quantitative estimate of drug-likeness (QED) is 0.514. The summed E-state index contributed by atoms with van der Waals surface area (Å²) in [5.41, 5.74) is 4.56. The molecule has 3 aromatic rings. The van der Waals surface area contributed by atoms with E-state index in [1.807, 2.05) is 32.0 Å². The molecule has 0 saturated heterocycles. The Morgan fingerprint density at radius 3 is 2.09 bits per heavy atom. The van der Waals surface area contributed by atoms with Gasteiger partial charge in [-0.1, -0.05) is 60.2 Å². The van der Waals surface area contributed by atoms with Gasteiger partial charge in [-0.25, -0.2) is 13.1 Å². The minimum absolute atomic E-state index is 0.107. The Morgan fingerprint density at radius 2 is 1.44 bits per heavy atom. The summed E-state index contributed by atoms with van der Waals surface area (Å²) < 4.78 is 25.6. The zero-order chi connectivity index (χ0) is 23.3. The van der Waals surface area contributed by atoms with Gasteiger partial charge >= 0.3 is 0 Å². The topological polar surface area (TPSA) is 92.3 Å². The largest absolute Gasteiger partial charge is 0.348 e. The van der Waals surface area contributed by atoms with Gasteiger partial charge in [-0.2, -0.15) is 0 Å². The highest BCUT2D eigenvalue weighted by Gasteiger charge is 2.19. The van der Waals surface area contributed by atoms with E-state index in [2.05, 4.69) is 10.0 Å². The van der Waals surface area contributed by atoms with Crippen molar-refractivity contribution in [3.63, 3.8) is 0 Å². The summed E-state index contributed by atoms with van der Waals surface area (Å²) in [4.78, 5) is 26.0. The van der Waals surface area contributed by atoms with Crippen molar-refractivity contribution in [2.45, 2.75) is 26.1 Å². The van der Waals surface area contributed by atoms with Gasteiger partial charge in [0.05, 0.1) is 11.3 Å². The van der Waals surface area contributed by atoms with Crippen LogP contribution >= 0.6 is 0 Å². The molecule has 3 aromatic carbocycles. The number of carbonyl (C=O) groups is 2. The third-order valence-corrected chi connectivity index (χ3v) is 6.53. The molecule has 3 rings (SSSR count). The van der Waals surface area contributed by atoms with Crippen LogP contribution in [0.15, 0.2) is 66.7 Å². The fraction of sp³-hybridized carbons (Fsp3) is 0.200. The van der Waals surface area contributed by atoms with Crippen LogP contribution in [0.4, 0.5) is 0 Å². The van der Waals surface area contributed by atoms with Crippen molar-refractivity contribution in [2.24, 2.45) is 0 Å². The summed E-state index contributed by atoms with van der Waals surface area (Å²) in [5, 5.41) is 2.85. The number of sulfonamides is 1. The van der Waals surface area contributed by atoms with Crippen LogP contribution in [0.1, 0.15) is 48.5 Å². The standard InChI is InChI=1S/C25H26N2O4S/c1-17-8-9-18(2)23(14-17)24(28)21-6-4-5-7-22(21)25(29)27-15-19-10-12-20(13-11-19)16-32(30,31)26-3/h4-14,26H,15-16H2,1-3H3,(H,27,29). The molecule has 0 heterocycles. The average molecular weight is 451 g/mol. The Hall–Kier alpha value is -3.29. The number of benzene rings is 3. The maximum atomic E-state index is 13.2. The van der Waals surface area contributed by atoms with Gasteiger partial charge in [-0.3, -0.25) is 9.59 Å². The molecular formula is C25H26N2O4S. The molecule has 0 aliphatic rings. The second-order valence-corrected chi connectivity index (χ2v) is 9.58. The van der Waals surface area contributed by atoms with E-state index in [4.69, 9.17) is 0 Å². The molecule has 0 unspecified atom stereocenters. The molecule has 166 valence electrons. The van der Waals surface area contributed by atoms with E-state index in [1.54, 1.807) is 48.5 Å². The fourth-order valence-corrected chi connectivity index (χ4v) is 4.10. The molecule has 0 bridgehead atoms. The first-order chi connectivity index (χ1) is 15.2. The lowest BCUT2D eigenvalue weighted by atomic mass is 9.94. The Morgan fingerprint density at radius 1 is 0.812 bits per heavy atom. The number of hydrogen-bond acceptors (Lipinski definition) is 4. The van der Waals surface area contributed by atoms with Crippen LogP contribution in [-0.4, -0.2) is 27.2 Å². The Kier molecular flexibility index (Phi) is 7.22. The SMILES string of the molecule is CNS(=O)(=O)Cc1ccc(CNC(=O)c2ccccc2C(=O)c2cc(C)ccc2C)cc1. The lowest BCUT2D eigenvalue weighted by molar-refractivity contribution is 0.0939. The van der Waals surface area contributed by atoms with Gasteiger partial charge in [0, 0.05) is 17.7 Å². The predicted octanol–water partition coefficient (Wildman–Crippen LogP) is 3.51. The van der Waals surface area contributed by atoms with E-state index >= 15 is 0 Å². The molecule has 0 radical (unpaired) electrons. The molecule has 0 spiro atoms. The molecule has 32 heavy (non-hydrogen) atoms. The van der Waals surface area contributed by atoms with Crippen LogP contribution in [0.3, 0.4) is 0 Å². The van der Waals surface area contributed by atoms with E-state index < -0.39 is 10.0 Å². The number of nitrogens with one attached hydrogen (secondary N) is 2. The summed E-state index contributed by atoms with van der Waals surface area (Å²) in [5.74, 6) is -0.641. The maximum Gasteiger partial charge on any atom is 0.252 e. The Labute approximate surface area is 188 Å². The van der Waals surface area contributed by atoms with E-state index in [0.29, 0.717) is 22.3 Å². The van der Waals surface area contributed by atoms with Crippen LogP contribution in [0.5, 0.6) is 0 Å². The summed E-state index contributed by atoms with van der Waals surface area (Å²) in [7, 11) is -1.96. The number of amides is 1. The smallest absolute Gasteiger partial charge is 0.252 e. The highest BCUT2D eigenvalue weighted by molar-refractivity contribution is 7.88. The third-order valence-electron chi connectivity index (χ3n) is 5.20. The lowest BCUT2D eigenvalue weighted by Crippen LogP contribution is -2.25. The molecule has 0 saturated carbocycles. The summed E-state index contributed by atoms with van der Waals surface area (Å²) >= 11 is 0. The van der Waals surface area contributed by atoms with Crippen molar-refractivity contribution in [1.29, 1.82) is 0 Å². The van der Waals surface area contributed by atoms with Crippen LogP contribution in [0.25, 0.3) is 0 Å². The summed E-state index contributed by atoms with van der Waals surface area (Å²) in [6.45, 7) is 4.05. The minimum atomic E-state index is -3.34. The molecule has 0 aliphatic heterocycles. The van der Waals surface area contributed by atoms with E-state index in [-0.39, 0.29) is 24.0 Å². The molecular weight excluding hydrogens is 424 g/mol. The zero-order valence-electron chi connectivity index (χ0n) is 18.3. The van der Waals surface area contributed by atoms with Gasteiger partial charge in [0.1, 0.15) is 0 Å². The Balaban J connectivity index is 1.74. The van der Waals surface area contributed by atoms with Crippen molar-refractivity contribution >= 4 is 21.7 Å². The monoisotopic (exact) mass is 450 g/mol. The summed E-state index contributed by atoms with van der Waals surface area (Å²) in [6.07, 6.45) is 0. The van der Waals surface area contributed by atoms with E-state index in [1.165, 1.54) is 7.05 Å². The fourth-order valence-electron chi connectivity index (χ4n) is 3.33. The molecule has 0 aromatic heterocycles. The zero-order valence-corrected chi connectivity index (χ0v) is 19.1. The molecule has 0 atom stereocenters. The van der Waals surface area contributed by atoms with E-state index in [0.717, 1.165) is 16.7 Å². The molecule has 2 N–H and O–H groups in total. The predicted molar refractivity (Wildman–Crippen MR) is 125 cm³/mol. The minimum Gasteiger partial charge on any atom is -0.348 e. The molecule has 6 nitrogen and oxygen atoms in total. The van der Waals surface area contributed by atoms with Crippen LogP contribution in [0.2, 0.25) is 0 Å². The van der Waals surface area contributed by atoms with Gasteiger partial charge in [0.2, 0.25) is 10.0 Å². The Bertz CT molecular complexity index is 1250. The third kappa shape index (κ3) is 5.69.